The fraction of sp³-hybridized carbons (Fsp3) is 0.526. The molecule has 1 unspecified atom stereocenters. The predicted octanol–water partition coefficient (Wildman–Crippen LogP) is 3.17. The first-order chi connectivity index (χ1) is 13.9. The van der Waals surface area contributed by atoms with Gasteiger partial charge in [-0.25, -0.2) is 14.7 Å². The van der Waals surface area contributed by atoms with Crippen LogP contribution < -0.4 is 15.4 Å². The number of halogens is 4. The highest BCUT2D eigenvalue weighted by molar-refractivity contribution is 14.0. The van der Waals surface area contributed by atoms with Crippen molar-refractivity contribution in [1.29, 1.82) is 0 Å². The molecule has 0 aliphatic carbocycles. The molecule has 1 aromatic heterocycles. The number of ether oxygens (including phenoxy) is 1. The number of aromatic nitrogens is 3. The van der Waals surface area contributed by atoms with E-state index < -0.39 is 11.7 Å². The van der Waals surface area contributed by atoms with Crippen LogP contribution in [0, 0.1) is 6.92 Å². The number of alkyl halides is 3. The Morgan fingerprint density at radius 1 is 1.33 bits per heavy atom. The fourth-order valence-electron chi connectivity index (χ4n) is 3.20. The normalized spacial score (nSPS) is 16.4. The minimum atomic E-state index is -4.45. The Morgan fingerprint density at radius 2 is 2.10 bits per heavy atom. The molecule has 0 saturated carbocycles. The molecule has 11 heteroatoms. The lowest BCUT2D eigenvalue weighted by atomic mass is 10.1. The molecule has 0 fully saturated rings. The molecule has 2 heterocycles. The Kier molecular flexibility index (Phi) is 8.74. The van der Waals surface area contributed by atoms with Gasteiger partial charge in [0.15, 0.2) is 5.96 Å². The number of para-hydroxylation sites is 1. The number of rotatable bonds is 6. The molecule has 0 amide bonds. The van der Waals surface area contributed by atoms with E-state index in [2.05, 4.69) is 25.7 Å². The minimum absolute atomic E-state index is 0. The largest absolute Gasteiger partial charge is 0.491 e. The summed E-state index contributed by atoms with van der Waals surface area (Å²) in [6, 6.07) is 5.33. The van der Waals surface area contributed by atoms with Crippen molar-refractivity contribution < 1.29 is 17.9 Å². The number of guanidine groups is 1. The maximum absolute atomic E-state index is 13.0. The number of hydrogen-bond donors (Lipinski definition) is 2. The Hall–Kier alpha value is -2.05. The summed E-state index contributed by atoms with van der Waals surface area (Å²) in [5, 5.41) is 10.9. The van der Waals surface area contributed by atoms with Crippen LogP contribution in [0.5, 0.6) is 5.75 Å². The topological polar surface area (TPSA) is 76.4 Å². The molecule has 1 aliphatic heterocycles. The first-order valence-corrected chi connectivity index (χ1v) is 9.61. The summed E-state index contributed by atoms with van der Waals surface area (Å²) < 4.78 is 46.3. The van der Waals surface area contributed by atoms with Gasteiger partial charge in [0, 0.05) is 19.0 Å². The van der Waals surface area contributed by atoms with Gasteiger partial charge in [-0.1, -0.05) is 12.1 Å². The summed E-state index contributed by atoms with van der Waals surface area (Å²) in [7, 11) is 0. The second-order valence-corrected chi connectivity index (χ2v) is 6.74. The summed E-state index contributed by atoms with van der Waals surface area (Å²) in [4.78, 5) is 8.82. The predicted molar refractivity (Wildman–Crippen MR) is 118 cm³/mol. The standard InChI is InChI=1S/C19H25F3N6O.HI/c1-3-23-18(26-14-8-9-17-25-13(2)27-28(17)12-14)24-10-11-29-16-7-5-4-6-15(16)19(20,21)22;/h4-7,14H,3,8-12H2,1-2H3,(H2,23,24,26);1H. The molecule has 7 nitrogen and oxygen atoms in total. The van der Waals surface area contributed by atoms with Crippen LogP contribution >= 0.6 is 24.0 Å². The first kappa shape index (κ1) is 24.2. The lowest BCUT2D eigenvalue weighted by Crippen LogP contribution is -2.47. The highest BCUT2D eigenvalue weighted by Crippen LogP contribution is 2.35. The number of nitrogens with one attached hydrogen (secondary N) is 2. The molecular weight excluding hydrogens is 512 g/mol. The molecule has 0 saturated heterocycles. The zero-order valence-corrected chi connectivity index (χ0v) is 19.2. The van der Waals surface area contributed by atoms with Gasteiger partial charge in [0.2, 0.25) is 0 Å². The van der Waals surface area contributed by atoms with Crippen LogP contribution in [0.4, 0.5) is 13.2 Å². The smallest absolute Gasteiger partial charge is 0.419 e. The van der Waals surface area contributed by atoms with Gasteiger partial charge in [-0.15, -0.1) is 24.0 Å². The van der Waals surface area contributed by atoms with Crippen molar-refractivity contribution >= 4 is 29.9 Å². The zero-order valence-electron chi connectivity index (χ0n) is 16.9. The molecule has 3 rings (SSSR count). The van der Waals surface area contributed by atoms with Crippen molar-refractivity contribution in [2.24, 2.45) is 4.99 Å². The number of fused-ring (bicyclic) bond motifs is 1. The fourth-order valence-corrected chi connectivity index (χ4v) is 3.20. The van der Waals surface area contributed by atoms with Gasteiger partial charge in [0.05, 0.1) is 18.7 Å². The Bertz CT molecular complexity index is 855. The highest BCUT2D eigenvalue weighted by Gasteiger charge is 2.33. The summed E-state index contributed by atoms with van der Waals surface area (Å²) >= 11 is 0. The van der Waals surface area contributed by atoms with Crippen molar-refractivity contribution in [2.75, 3.05) is 19.7 Å². The van der Waals surface area contributed by atoms with Crippen LogP contribution in [-0.4, -0.2) is 46.5 Å². The molecule has 0 radical (unpaired) electrons. The number of benzene rings is 1. The second kappa shape index (κ2) is 10.8. The molecule has 1 aromatic carbocycles. The Labute approximate surface area is 190 Å². The molecule has 0 bridgehead atoms. The van der Waals surface area contributed by atoms with E-state index in [0.717, 1.165) is 30.6 Å². The van der Waals surface area contributed by atoms with E-state index in [4.69, 9.17) is 4.74 Å². The molecule has 0 spiro atoms. The van der Waals surface area contributed by atoms with E-state index in [9.17, 15) is 13.2 Å². The van der Waals surface area contributed by atoms with E-state index in [1.54, 1.807) is 0 Å². The molecule has 30 heavy (non-hydrogen) atoms. The van der Waals surface area contributed by atoms with Gasteiger partial charge in [-0.05, 0) is 32.4 Å². The van der Waals surface area contributed by atoms with Gasteiger partial charge in [0.1, 0.15) is 24.0 Å². The van der Waals surface area contributed by atoms with Gasteiger partial charge in [-0.3, -0.25) is 0 Å². The zero-order chi connectivity index (χ0) is 20.9. The van der Waals surface area contributed by atoms with Gasteiger partial charge in [0.25, 0.3) is 0 Å². The second-order valence-electron chi connectivity index (χ2n) is 6.74. The summed E-state index contributed by atoms with van der Waals surface area (Å²) in [5.74, 6) is 2.16. The van der Waals surface area contributed by atoms with Crippen LogP contribution in [0.1, 0.15) is 30.6 Å². The van der Waals surface area contributed by atoms with E-state index in [1.165, 1.54) is 18.2 Å². The average Bonchev–Trinajstić information content (AvgIpc) is 3.04. The van der Waals surface area contributed by atoms with Crippen LogP contribution in [0.25, 0.3) is 0 Å². The lowest BCUT2D eigenvalue weighted by Gasteiger charge is -2.25. The van der Waals surface area contributed by atoms with Gasteiger partial charge >= 0.3 is 6.18 Å². The number of hydrogen-bond acceptors (Lipinski definition) is 4. The number of aliphatic imine (C=N–C) groups is 1. The van der Waals surface area contributed by atoms with E-state index in [1.807, 2.05) is 18.5 Å². The van der Waals surface area contributed by atoms with E-state index in [-0.39, 0.29) is 48.9 Å². The van der Waals surface area contributed by atoms with Crippen LogP contribution in [0.15, 0.2) is 29.3 Å². The highest BCUT2D eigenvalue weighted by atomic mass is 127. The lowest BCUT2D eigenvalue weighted by molar-refractivity contribution is -0.138. The number of aryl methyl sites for hydroxylation is 2. The third-order valence-corrected chi connectivity index (χ3v) is 4.46. The minimum Gasteiger partial charge on any atom is -0.491 e. The van der Waals surface area contributed by atoms with Crippen molar-refractivity contribution in [3.8, 4) is 5.75 Å². The summed E-state index contributed by atoms with van der Waals surface area (Å²) in [5.41, 5.74) is -0.782. The Morgan fingerprint density at radius 3 is 2.83 bits per heavy atom. The van der Waals surface area contributed by atoms with Crippen molar-refractivity contribution in [3.05, 3.63) is 41.5 Å². The molecule has 1 aliphatic rings. The third kappa shape index (κ3) is 6.47. The molecule has 2 N–H and O–H groups in total. The quantitative estimate of drug-likeness (QED) is 0.256. The van der Waals surface area contributed by atoms with Gasteiger partial charge < -0.3 is 15.4 Å². The van der Waals surface area contributed by atoms with Crippen LogP contribution in [0.3, 0.4) is 0 Å². The maximum Gasteiger partial charge on any atom is 0.419 e. The number of nitrogens with zero attached hydrogens (tertiary/aromatic N) is 4. The molecular formula is C19H26F3IN6O. The molecule has 2 aromatic rings. The average molecular weight is 538 g/mol. The molecule has 166 valence electrons. The SMILES string of the molecule is CCNC(=NCCOc1ccccc1C(F)(F)F)NC1CCc2nc(C)nn2C1.I. The first-order valence-electron chi connectivity index (χ1n) is 9.61. The van der Waals surface area contributed by atoms with E-state index in [0.29, 0.717) is 19.0 Å². The monoisotopic (exact) mass is 538 g/mol. The maximum atomic E-state index is 13.0. The molecule has 1 atom stereocenters. The van der Waals surface area contributed by atoms with Crippen LogP contribution in [0.2, 0.25) is 0 Å². The van der Waals surface area contributed by atoms with Crippen molar-refractivity contribution in [3.63, 3.8) is 0 Å². The van der Waals surface area contributed by atoms with Crippen molar-refractivity contribution in [1.82, 2.24) is 25.4 Å². The van der Waals surface area contributed by atoms with Crippen LogP contribution in [-0.2, 0) is 19.1 Å². The Balaban J connectivity index is 0.00000320. The summed E-state index contributed by atoms with van der Waals surface area (Å²) in [6.45, 7) is 5.45. The summed E-state index contributed by atoms with van der Waals surface area (Å²) in [6.07, 6.45) is -2.72. The van der Waals surface area contributed by atoms with E-state index >= 15 is 0 Å². The van der Waals surface area contributed by atoms with Gasteiger partial charge in [-0.2, -0.15) is 18.3 Å². The third-order valence-electron chi connectivity index (χ3n) is 4.46. The van der Waals surface area contributed by atoms with Crippen molar-refractivity contribution in [2.45, 2.75) is 45.5 Å².